The second-order valence-corrected chi connectivity index (χ2v) is 9.00. The number of carbonyl (C=O) groups is 1. The van der Waals surface area contributed by atoms with Crippen LogP contribution in [0, 0.1) is 0 Å². The minimum Gasteiger partial charge on any atom is -0.493 e. The fourth-order valence-electron chi connectivity index (χ4n) is 3.89. The van der Waals surface area contributed by atoms with Gasteiger partial charge < -0.3 is 14.4 Å². The number of aryl methyl sites for hydroxylation is 1. The number of hydrogen-bond acceptors (Lipinski definition) is 6. The highest BCUT2D eigenvalue weighted by molar-refractivity contribution is 8.00. The summed E-state index contributed by atoms with van der Waals surface area (Å²) in [7, 11) is 3.21. The van der Waals surface area contributed by atoms with Gasteiger partial charge in [0.15, 0.2) is 16.7 Å². The van der Waals surface area contributed by atoms with Gasteiger partial charge in [-0.05, 0) is 56.5 Å². The summed E-state index contributed by atoms with van der Waals surface area (Å²) in [6.07, 6.45) is 1.26. The van der Waals surface area contributed by atoms with E-state index >= 15 is 0 Å². The van der Waals surface area contributed by atoms with E-state index in [2.05, 4.69) is 0 Å². The number of ether oxygens (including phenoxy) is 2. The van der Waals surface area contributed by atoms with Crippen molar-refractivity contribution in [2.24, 2.45) is 0 Å². The fraction of sp³-hybridized carbons (Fsp3) is 0.423. The number of methoxy groups -OCH3 is 2. The highest BCUT2D eigenvalue weighted by Crippen LogP contribution is 2.29. The molecule has 3 rings (SSSR count). The first-order chi connectivity index (χ1) is 16.5. The molecule has 1 heterocycles. The lowest BCUT2D eigenvalue weighted by Crippen LogP contribution is -2.37. The summed E-state index contributed by atoms with van der Waals surface area (Å²) >= 11 is 1.38. The Bertz CT molecular complexity index is 1190. The molecule has 0 saturated heterocycles. The molecule has 1 atom stereocenters. The molecule has 182 valence electrons. The van der Waals surface area contributed by atoms with Crippen molar-refractivity contribution in [1.82, 2.24) is 14.5 Å². The summed E-state index contributed by atoms with van der Waals surface area (Å²) in [5.74, 6) is 1.38. The molecule has 0 radical (unpaired) electrons. The molecule has 34 heavy (non-hydrogen) atoms. The molecular formula is C26H33N3O4S. The maximum atomic E-state index is 13.4. The van der Waals surface area contributed by atoms with Crippen LogP contribution in [0.2, 0.25) is 0 Å². The van der Waals surface area contributed by atoms with Gasteiger partial charge in [0, 0.05) is 19.6 Å². The molecule has 7 nitrogen and oxygen atoms in total. The van der Waals surface area contributed by atoms with Crippen molar-refractivity contribution >= 4 is 28.6 Å². The van der Waals surface area contributed by atoms with Gasteiger partial charge in [-0.15, -0.1) is 0 Å². The van der Waals surface area contributed by atoms with E-state index in [0.717, 1.165) is 5.56 Å². The number of para-hydroxylation sites is 1. The molecule has 0 saturated carbocycles. The zero-order chi connectivity index (χ0) is 24.7. The molecule has 0 aliphatic heterocycles. The number of benzene rings is 2. The highest BCUT2D eigenvalue weighted by atomic mass is 32.2. The summed E-state index contributed by atoms with van der Waals surface area (Å²) in [6, 6.07) is 13.1. The number of carbonyl (C=O) groups excluding carboxylic acids is 1. The first-order valence-corrected chi connectivity index (χ1v) is 12.5. The Morgan fingerprint density at radius 2 is 1.76 bits per heavy atom. The molecular weight excluding hydrogens is 450 g/mol. The van der Waals surface area contributed by atoms with Gasteiger partial charge in [-0.2, -0.15) is 0 Å². The number of thioether (sulfide) groups is 1. The molecule has 0 bridgehead atoms. The Hall–Kier alpha value is -3.00. The largest absolute Gasteiger partial charge is 0.493 e. The van der Waals surface area contributed by atoms with E-state index in [1.807, 2.05) is 62.1 Å². The molecule has 0 unspecified atom stereocenters. The van der Waals surface area contributed by atoms with Gasteiger partial charge >= 0.3 is 0 Å². The monoisotopic (exact) mass is 483 g/mol. The molecule has 8 heteroatoms. The maximum Gasteiger partial charge on any atom is 0.262 e. The lowest BCUT2D eigenvalue weighted by atomic mass is 10.1. The van der Waals surface area contributed by atoms with E-state index in [0.29, 0.717) is 60.0 Å². The van der Waals surface area contributed by atoms with Crippen molar-refractivity contribution in [3.63, 3.8) is 0 Å². The van der Waals surface area contributed by atoms with E-state index in [-0.39, 0.29) is 16.7 Å². The van der Waals surface area contributed by atoms with Crippen LogP contribution in [0.4, 0.5) is 0 Å². The molecule has 2 aromatic carbocycles. The van der Waals surface area contributed by atoms with Crippen molar-refractivity contribution in [2.75, 3.05) is 27.3 Å². The molecule has 3 aromatic rings. The van der Waals surface area contributed by atoms with E-state index in [9.17, 15) is 9.59 Å². The third kappa shape index (κ3) is 5.55. The zero-order valence-corrected chi connectivity index (χ0v) is 21.4. The number of nitrogens with zero attached hydrogens (tertiary/aromatic N) is 3. The van der Waals surface area contributed by atoms with Crippen molar-refractivity contribution < 1.29 is 14.3 Å². The number of rotatable bonds is 11. The predicted molar refractivity (Wildman–Crippen MR) is 137 cm³/mol. The van der Waals surface area contributed by atoms with E-state index in [1.165, 1.54) is 11.8 Å². The lowest BCUT2D eigenvalue weighted by molar-refractivity contribution is -0.130. The van der Waals surface area contributed by atoms with Gasteiger partial charge in [0.2, 0.25) is 5.91 Å². The predicted octanol–water partition coefficient (Wildman–Crippen LogP) is 4.40. The van der Waals surface area contributed by atoms with Crippen LogP contribution >= 0.6 is 11.8 Å². The Balaban J connectivity index is 1.98. The quantitative estimate of drug-likeness (QED) is 0.297. The molecule has 0 fully saturated rings. The number of fused-ring (bicyclic) bond motifs is 1. The first kappa shape index (κ1) is 25.6. The van der Waals surface area contributed by atoms with E-state index in [1.54, 1.807) is 24.9 Å². The number of aromatic nitrogens is 2. The van der Waals surface area contributed by atoms with Crippen LogP contribution < -0.4 is 15.0 Å². The Morgan fingerprint density at radius 3 is 2.41 bits per heavy atom. The smallest absolute Gasteiger partial charge is 0.262 e. The van der Waals surface area contributed by atoms with Crippen LogP contribution in [0.1, 0.15) is 32.8 Å². The number of amides is 1. The van der Waals surface area contributed by atoms with Crippen molar-refractivity contribution in [3.05, 3.63) is 58.4 Å². The Kier molecular flexibility index (Phi) is 8.98. The molecule has 1 aromatic heterocycles. The fourth-order valence-corrected chi connectivity index (χ4v) is 5.01. The molecule has 1 amide bonds. The molecule has 0 N–H and O–H groups in total. The van der Waals surface area contributed by atoms with Crippen LogP contribution in [0.15, 0.2) is 52.4 Å². The standard InChI is InChI=1S/C26H33N3O4S/c1-6-23(25(31)28(7-2)8-3)34-26-27-20-12-10-9-11-19(20)24(30)29(26)16-15-18-13-14-21(32-4)22(17-18)33-5/h9-14,17,23H,6-8,15-16H2,1-5H3/t23-/m0/s1. The van der Waals surface area contributed by atoms with Gasteiger partial charge in [-0.3, -0.25) is 14.2 Å². The third-order valence-corrected chi connectivity index (χ3v) is 7.21. The molecule has 0 aliphatic carbocycles. The van der Waals surface area contributed by atoms with Gasteiger partial charge in [-0.1, -0.05) is 36.9 Å². The topological polar surface area (TPSA) is 73.7 Å². The minimum absolute atomic E-state index is 0.0753. The first-order valence-electron chi connectivity index (χ1n) is 11.6. The number of hydrogen-bond donors (Lipinski definition) is 0. The minimum atomic E-state index is -0.305. The summed E-state index contributed by atoms with van der Waals surface area (Å²) < 4.78 is 12.4. The lowest BCUT2D eigenvalue weighted by Gasteiger charge is -2.24. The van der Waals surface area contributed by atoms with Gasteiger partial charge in [0.05, 0.1) is 30.4 Å². The van der Waals surface area contributed by atoms with Gasteiger partial charge in [0.1, 0.15) is 0 Å². The van der Waals surface area contributed by atoms with Crippen LogP contribution in [0.25, 0.3) is 10.9 Å². The van der Waals surface area contributed by atoms with Crippen molar-refractivity contribution in [3.8, 4) is 11.5 Å². The summed E-state index contributed by atoms with van der Waals surface area (Å²) in [5, 5.41) is 0.833. The molecule has 0 aliphatic rings. The Labute approximate surface area is 205 Å². The van der Waals surface area contributed by atoms with Crippen molar-refractivity contribution in [2.45, 2.75) is 50.6 Å². The maximum absolute atomic E-state index is 13.4. The second kappa shape index (κ2) is 11.9. The summed E-state index contributed by atoms with van der Waals surface area (Å²) in [4.78, 5) is 33.2. The third-order valence-electron chi connectivity index (χ3n) is 5.87. The average molecular weight is 484 g/mol. The van der Waals surface area contributed by atoms with Crippen LogP contribution in [-0.2, 0) is 17.8 Å². The van der Waals surface area contributed by atoms with E-state index < -0.39 is 0 Å². The normalized spacial score (nSPS) is 11.9. The molecule has 0 spiro atoms. The SMILES string of the molecule is CC[C@H](Sc1nc2ccccc2c(=O)n1CCc1ccc(OC)c(OC)c1)C(=O)N(CC)CC. The van der Waals surface area contributed by atoms with E-state index in [4.69, 9.17) is 14.5 Å². The summed E-state index contributed by atoms with van der Waals surface area (Å²) in [6.45, 7) is 7.70. The second-order valence-electron chi connectivity index (χ2n) is 7.83. The van der Waals surface area contributed by atoms with Gasteiger partial charge in [0.25, 0.3) is 5.56 Å². The van der Waals surface area contributed by atoms with Crippen LogP contribution in [-0.4, -0.2) is 52.9 Å². The summed E-state index contributed by atoms with van der Waals surface area (Å²) in [5.41, 5.74) is 1.56. The average Bonchev–Trinajstić information content (AvgIpc) is 2.87. The Morgan fingerprint density at radius 1 is 1.06 bits per heavy atom. The van der Waals surface area contributed by atoms with Crippen LogP contribution in [0.5, 0.6) is 11.5 Å². The van der Waals surface area contributed by atoms with Gasteiger partial charge in [-0.25, -0.2) is 4.98 Å². The zero-order valence-electron chi connectivity index (χ0n) is 20.5. The highest BCUT2D eigenvalue weighted by Gasteiger charge is 2.25. The van der Waals surface area contributed by atoms with Crippen molar-refractivity contribution in [1.29, 1.82) is 0 Å². The van der Waals surface area contributed by atoms with Crippen LogP contribution in [0.3, 0.4) is 0 Å².